The van der Waals surface area contributed by atoms with Gasteiger partial charge in [0, 0.05) is 11.1 Å². The number of nitrogens with zero attached hydrogens (tertiary/aromatic N) is 1. The number of carbonyl (C=O) groups is 2. The molecule has 0 unspecified atom stereocenters. The summed E-state index contributed by atoms with van der Waals surface area (Å²) in [5.74, 6) is 0.760. The van der Waals surface area contributed by atoms with Gasteiger partial charge in [-0.2, -0.15) is 0 Å². The Morgan fingerprint density at radius 3 is 2.44 bits per heavy atom. The highest BCUT2D eigenvalue weighted by Gasteiger charge is 2.32. The van der Waals surface area contributed by atoms with Crippen molar-refractivity contribution in [3.05, 3.63) is 89.4 Å². The lowest BCUT2D eigenvalue weighted by atomic mass is 10.0. The zero-order chi connectivity index (χ0) is 17.2. The smallest absolute Gasteiger partial charge is 0.259 e. The summed E-state index contributed by atoms with van der Waals surface area (Å²) in [6.45, 7) is 0.288. The first-order chi connectivity index (χ1) is 12.3. The molecule has 0 atom stereocenters. The molecule has 0 saturated carbocycles. The van der Waals surface area contributed by atoms with Gasteiger partial charge in [-0.25, -0.2) is 0 Å². The SMILES string of the molecule is O=Cc1ccc(CN2C(=O)/C(=C\c3ccccc3)c3ccccc32)o1. The number of rotatable bonds is 4. The fourth-order valence-electron chi connectivity index (χ4n) is 3.02. The molecule has 1 aromatic heterocycles. The first-order valence-electron chi connectivity index (χ1n) is 7.98. The summed E-state index contributed by atoms with van der Waals surface area (Å²) in [7, 11) is 0. The average Bonchev–Trinajstić information content (AvgIpc) is 3.21. The zero-order valence-corrected chi connectivity index (χ0v) is 13.4. The van der Waals surface area contributed by atoms with Crippen LogP contribution in [0, 0.1) is 0 Å². The van der Waals surface area contributed by atoms with Crippen LogP contribution in [0.4, 0.5) is 5.69 Å². The maximum Gasteiger partial charge on any atom is 0.259 e. The highest BCUT2D eigenvalue weighted by Crippen LogP contribution is 2.38. The number of aldehydes is 1. The quantitative estimate of drug-likeness (QED) is 0.533. The van der Waals surface area contributed by atoms with Crippen molar-refractivity contribution in [1.29, 1.82) is 0 Å². The van der Waals surface area contributed by atoms with Gasteiger partial charge in [0.25, 0.3) is 5.91 Å². The molecule has 4 nitrogen and oxygen atoms in total. The van der Waals surface area contributed by atoms with Crippen molar-refractivity contribution in [2.45, 2.75) is 6.54 Å². The topological polar surface area (TPSA) is 50.5 Å². The Kier molecular flexibility index (Phi) is 3.78. The Hall–Kier alpha value is -3.40. The number of fused-ring (bicyclic) bond motifs is 1. The average molecular weight is 329 g/mol. The van der Waals surface area contributed by atoms with Gasteiger partial charge in [-0.05, 0) is 29.8 Å². The van der Waals surface area contributed by atoms with Gasteiger partial charge in [0.2, 0.25) is 0 Å². The van der Waals surface area contributed by atoms with Crippen LogP contribution in [0.25, 0.3) is 11.6 Å². The van der Waals surface area contributed by atoms with Gasteiger partial charge in [0.05, 0.1) is 12.2 Å². The molecule has 4 heteroatoms. The van der Waals surface area contributed by atoms with Crippen molar-refractivity contribution >= 4 is 29.5 Å². The van der Waals surface area contributed by atoms with Crippen LogP contribution >= 0.6 is 0 Å². The van der Waals surface area contributed by atoms with E-state index in [2.05, 4.69) is 0 Å². The number of anilines is 1. The molecule has 1 aliphatic rings. The van der Waals surface area contributed by atoms with Crippen LogP contribution in [0.1, 0.15) is 27.4 Å². The predicted octanol–water partition coefficient (Wildman–Crippen LogP) is 4.18. The van der Waals surface area contributed by atoms with Gasteiger partial charge < -0.3 is 9.32 Å². The molecule has 0 aliphatic carbocycles. The van der Waals surface area contributed by atoms with Crippen LogP contribution in [-0.4, -0.2) is 12.2 Å². The van der Waals surface area contributed by atoms with E-state index in [9.17, 15) is 9.59 Å². The summed E-state index contributed by atoms with van der Waals surface area (Å²) in [6, 6.07) is 20.8. The van der Waals surface area contributed by atoms with Gasteiger partial charge in [0.15, 0.2) is 12.0 Å². The molecule has 1 aliphatic heterocycles. The molecule has 0 spiro atoms. The van der Waals surface area contributed by atoms with Crippen LogP contribution in [0.5, 0.6) is 0 Å². The third-order valence-corrected chi connectivity index (χ3v) is 4.18. The van der Waals surface area contributed by atoms with E-state index >= 15 is 0 Å². The third kappa shape index (κ3) is 2.78. The molecule has 0 bridgehead atoms. The van der Waals surface area contributed by atoms with E-state index in [1.54, 1.807) is 17.0 Å². The molecule has 3 aromatic rings. The molecule has 122 valence electrons. The lowest BCUT2D eigenvalue weighted by molar-refractivity contribution is -0.113. The predicted molar refractivity (Wildman–Crippen MR) is 96.0 cm³/mol. The maximum atomic E-state index is 13.0. The van der Waals surface area contributed by atoms with Crippen molar-refractivity contribution in [3.8, 4) is 0 Å². The fourth-order valence-corrected chi connectivity index (χ4v) is 3.02. The van der Waals surface area contributed by atoms with E-state index in [0.29, 0.717) is 17.6 Å². The largest absolute Gasteiger partial charge is 0.456 e. The summed E-state index contributed by atoms with van der Waals surface area (Å²) in [6.07, 6.45) is 2.56. The van der Waals surface area contributed by atoms with Gasteiger partial charge in [-0.3, -0.25) is 9.59 Å². The third-order valence-electron chi connectivity index (χ3n) is 4.18. The van der Waals surface area contributed by atoms with Gasteiger partial charge in [-0.15, -0.1) is 0 Å². The molecular weight excluding hydrogens is 314 g/mol. The molecule has 0 N–H and O–H groups in total. The summed E-state index contributed by atoms with van der Waals surface area (Å²) in [5, 5.41) is 0. The molecule has 0 fully saturated rings. The van der Waals surface area contributed by atoms with Crippen molar-refractivity contribution in [2.75, 3.05) is 4.90 Å². The molecular formula is C21H15NO3. The fraction of sp³-hybridized carbons (Fsp3) is 0.0476. The highest BCUT2D eigenvalue weighted by atomic mass is 16.3. The second-order valence-electron chi connectivity index (χ2n) is 5.80. The summed E-state index contributed by atoms with van der Waals surface area (Å²) >= 11 is 0. The van der Waals surface area contributed by atoms with E-state index in [0.717, 1.165) is 16.8 Å². The van der Waals surface area contributed by atoms with E-state index < -0.39 is 0 Å². The van der Waals surface area contributed by atoms with Crippen molar-refractivity contribution in [1.82, 2.24) is 0 Å². The van der Waals surface area contributed by atoms with Crippen LogP contribution in [0.2, 0.25) is 0 Å². The highest BCUT2D eigenvalue weighted by molar-refractivity contribution is 6.35. The molecule has 4 rings (SSSR count). The Morgan fingerprint density at radius 2 is 1.68 bits per heavy atom. The molecule has 0 saturated heterocycles. The Morgan fingerprint density at radius 1 is 0.920 bits per heavy atom. The molecule has 25 heavy (non-hydrogen) atoms. The number of hydrogen-bond acceptors (Lipinski definition) is 3. The van der Waals surface area contributed by atoms with Gasteiger partial charge in [0.1, 0.15) is 5.76 Å². The lowest BCUT2D eigenvalue weighted by Gasteiger charge is -2.15. The summed E-state index contributed by atoms with van der Waals surface area (Å²) in [5.41, 5.74) is 3.38. The number of carbonyl (C=O) groups excluding carboxylic acids is 2. The van der Waals surface area contributed by atoms with E-state index in [1.807, 2.05) is 60.7 Å². The molecule has 0 radical (unpaired) electrons. The Bertz CT molecular complexity index is 970. The Labute approximate surface area is 145 Å². The number of furan rings is 1. The van der Waals surface area contributed by atoms with Gasteiger partial charge >= 0.3 is 0 Å². The number of para-hydroxylation sites is 1. The van der Waals surface area contributed by atoms with E-state index in [-0.39, 0.29) is 18.2 Å². The minimum atomic E-state index is -0.0749. The van der Waals surface area contributed by atoms with Crippen LogP contribution < -0.4 is 4.90 Å². The first-order valence-corrected chi connectivity index (χ1v) is 7.98. The van der Waals surface area contributed by atoms with Crippen molar-refractivity contribution in [2.24, 2.45) is 0 Å². The maximum absolute atomic E-state index is 13.0. The minimum Gasteiger partial charge on any atom is -0.456 e. The van der Waals surface area contributed by atoms with Gasteiger partial charge in [-0.1, -0.05) is 48.5 Å². The second kappa shape index (κ2) is 6.24. The van der Waals surface area contributed by atoms with Crippen LogP contribution in [0.3, 0.4) is 0 Å². The van der Waals surface area contributed by atoms with E-state index in [4.69, 9.17) is 4.42 Å². The first kappa shape index (κ1) is 15.1. The van der Waals surface area contributed by atoms with Crippen molar-refractivity contribution < 1.29 is 14.0 Å². The monoisotopic (exact) mass is 329 g/mol. The van der Waals surface area contributed by atoms with E-state index in [1.165, 1.54) is 0 Å². The second-order valence-corrected chi connectivity index (χ2v) is 5.80. The number of amides is 1. The lowest BCUT2D eigenvalue weighted by Crippen LogP contribution is -2.25. The molecule has 2 aromatic carbocycles. The summed E-state index contributed by atoms with van der Waals surface area (Å²) in [4.78, 5) is 25.5. The number of benzene rings is 2. The van der Waals surface area contributed by atoms with Crippen LogP contribution in [0.15, 0.2) is 71.1 Å². The van der Waals surface area contributed by atoms with Crippen LogP contribution in [-0.2, 0) is 11.3 Å². The number of hydrogen-bond donors (Lipinski definition) is 0. The minimum absolute atomic E-state index is 0.0749. The van der Waals surface area contributed by atoms with Crippen molar-refractivity contribution in [3.63, 3.8) is 0 Å². The standard InChI is InChI=1S/C21H15NO3/c23-14-17-11-10-16(25-17)13-22-20-9-5-4-8-18(20)19(21(22)24)12-15-6-2-1-3-7-15/h1-12,14H,13H2/b19-12-. The zero-order valence-electron chi connectivity index (χ0n) is 13.4. The molecule has 1 amide bonds. The summed E-state index contributed by atoms with van der Waals surface area (Å²) < 4.78 is 5.43. The molecule has 2 heterocycles. The Balaban J connectivity index is 1.73. The normalized spacial score (nSPS) is 14.8.